The smallest absolute Gasteiger partial charge is 0.0316 e. The third-order valence-electron chi connectivity index (χ3n) is 3.59. The highest BCUT2D eigenvalue weighted by Crippen LogP contribution is 2.38. The van der Waals surface area contributed by atoms with E-state index >= 15 is 0 Å². The molecule has 0 amide bonds. The highest BCUT2D eigenvalue weighted by molar-refractivity contribution is 5.49. The predicted molar refractivity (Wildman–Crippen MR) is 58.3 cm³/mol. The molecule has 0 bridgehead atoms. The molecule has 1 fully saturated rings. The maximum atomic E-state index is 5.80. The van der Waals surface area contributed by atoms with Crippen molar-refractivity contribution >= 4 is 5.69 Å². The second-order valence-corrected chi connectivity index (χ2v) is 4.47. The zero-order valence-corrected chi connectivity index (χ0v) is 8.29. The highest BCUT2D eigenvalue weighted by Gasteiger charge is 2.33. The van der Waals surface area contributed by atoms with E-state index in [-0.39, 0.29) is 0 Å². The van der Waals surface area contributed by atoms with Crippen molar-refractivity contribution in [2.24, 2.45) is 0 Å². The van der Waals surface area contributed by atoms with Crippen LogP contribution < -0.4 is 11.1 Å². The molecule has 1 saturated heterocycles. The summed E-state index contributed by atoms with van der Waals surface area (Å²) in [6.45, 7) is 1.19. The van der Waals surface area contributed by atoms with E-state index in [1.54, 1.807) is 0 Å². The number of piperidine rings is 1. The minimum Gasteiger partial charge on any atom is -0.399 e. The van der Waals surface area contributed by atoms with Gasteiger partial charge in [-0.15, -0.1) is 0 Å². The van der Waals surface area contributed by atoms with E-state index in [4.69, 9.17) is 5.73 Å². The van der Waals surface area contributed by atoms with Crippen molar-refractivity contribution in [1.29, 1.82) is 0 Å². The zero-order chi connectivity index (χ0) is 9.54. The number of fused-ring (bicyclic) bond motifs is 3. The molecule has 2 atom stereocenters. The van der Waals surface area contributed by atoms with Gasteiger partial charge in [-0.05, 0) is 55.0 Å². The molecule has 74 valence electrons. The number of nitrogens with one attached hydrogen (secondary N) is 1. The Kier molecular flexibility index (Phi) is 1.77. The van der Waals surface area contributed by atoms with Gasteiger partial charge >= 0.3 is 0 Å². The largest absolute Gasteiger partial charge is 0.399 e. The van der Waals surface area contributed by atoms with Gasteiger partial charge < -0.3 is 11.1 Å². The van der Waals surface area contributed by atoms with Crippen LogP contribution in [-0.2, 0) is 6.42 Å². The van der Waals surface area contributed by atoms with Gasteiger partial charge in [0.15, 0.2) is 0 Å². The van der Waals surface area contributed by atoms with Gasteiger partial charge in [0.1, 0.15) is 0 Å². The van der Waals surface area contributed by atoms with Gasteiger partial charge in [0, 0.05) is 11.7 Å². The lowest BCUT2D eigenvalue weighted by molar-refractivity contribution is 0.372. The van der Waals surface area contributed by atoms with Crippen molar-refractivity contribution in [3.63, 3.8) is 0 Å². The van der Waals surface area contributed by atoms with E-state index in [1.165, 1.54) is 36.9 Å². The first-order chi connectivity index (χ1) is 6.84. The maximum absolute atomic E-state index is 5.80. The Bertz CT molecular complexity index is 359. The monoisotopic (exact) mass is 188 g/mol. The molecular weight excluding hydrogens is 172 g/mol. The quantitative estimate of drug-likeness (QED) is 0.608. The summed E-state index contributed by atoms with van der Waals surface area (Å²) in [5.41, 5.74) is 9.71. The van der Waals surface area contributed by atoms with E-state index in [0.717, 1.165) is 11.6 Å². The lowest BCUT2D eigenvalue weighted by Crippen LogP contribution is -2.37. The van der Waals surface area contributed by atoms with Gasteiger partial charge in [0.25, 0.3) is 0 Å². The zero-order valence-electron chi connectivity index (χ0n) is 8.29. The maximum Gasteiger partial charge on any atom is 0.0316 e. The second kappa shape index (κ2) is 2.99. The Morgan fingerprint density at radius 2 is 2.29 bits per heavy atom. The Morgan fingerprint density at radius 1 is 1.36 bits per heavy atom. The molecule has 2 nitrogen and oxygen atoms in total. The third kappa shape index (κ3) is 1.14. The van der Waals surface area contributed by atoms with Crippen molar-refractivity contribution in [1.82, 2.24) is 5.32 Å². The fraction of sp³-hybridized carbons (Fsp3) is 0.500. The lowest BCUT2D eigenvalue weighted by atomic mass is 9.90. The molecule has 2 aliphatic rings. The summed E-state index contributed by atoms with van der Waals surface area (Å²) in [5, 5.41) is 3.61. The first kappa shape index (κ1) is 8.30. The van der Waals surface area contributed by atoms with E-state index in [1.807, 2.05) is 6.07 Å². The van der Waals surface area contributed by atoms with Crippen LogP contribution in [0.25, 0.3) is 0 Å². The normalized spacial score (nSPS) is 29.7. The molecule has 14 heavy (non-hydrogen) atoms. The molecule has 0 spiro atoms. The summed E-state index contributed by atoms with van der Waals surface area (Å²) in [7, 11) is 0. The van der Waals surface area contributed by atoms with Crippen molar-refractivity contribution in [3.05, 3.63) is 29.3 Å². The van der Waals surface area contributed by atoms with Crippen LogP contribution in [0, 0.1) is 0 Å². The van der Waals surface area contributed by atoms with E-state index in [0.29, 0.717) is 6.04 Å². The molecule has 0 saturated carbocycles. The van der Waals surface area contributed by atoms with Crippen LogP contribution in [0.4, 0.5) is 5.69 Å². The predicted octanol–water partition coefficient (Wildman–Crippen LogP) is 1.66. The molecular formula is C12H16N2. The van der Waals surface area contributed by atoms with Gasteiger partial charge in [-0.3, -0.25) is 0 Å². The number of nitrogens with two attached hydrogens (primary N) is 1. The second-order valence-electron chi connectivity index (χ2n) is 4.47. The van der Waals surface area contributed by atoms with Crippen LogP contribution in [0.2, 0.25) is 0 Å². The van der Waals surface area contributed by atoms with Crippen molar-refractivity contribution in [2.75, 3.05) is 12.3 Å². The van der Waals surface area contributed by atoms with Crippen molar-refractivity contribution < 1.29 is 0 Å². The first-order valence-electron chi connectivity index (χ1n) is 5.46. The molecule has 2 heteroatoms. The lowest BCUT2D eigenvalue weighted by Gasteiger charge is -2.26. The summed E-state index contributed by atoms with van der Waals surface area (Å²) in [5.74, 6) is 0.749. The summed E-state index contributed by atoms with van der Waals surface area (Å²) in [6.07, 6.45) is 3.82. The number of hydrogen-bond donors (Lipinski definition) is 2. The highest BCUT2D eigenvalue weighted by atomic mass is 14.9. The topological polar surface area (TPSA) is 38.0 Å². The van der Waals surface area contributed by atoms with E-state index in [2.05, 4.69) is 17.4 Å². The Morgan fingerprint density at radius 3 is 3.21 bits per heavy atom. The molecule has 3 rings (SSSR count). The molecule has 1 heterocycles. The number of rotatable bonds is 0. The fourth-order valence-electron chi connectivity index (χ4n) is 2.94. The summed E-state index contributed by atoms with van der Waals surface area (Å²) >= 11 is 0. The van der Waals surface area contributed by atoms with Gasteiger partial charge in [-0.1, -0.05) is 6.07 Å². The van der Waals surface area contributed by atoms with E-state index in [9.17, 15) is 0 Å². The molecule has 1 aromatic rings. The molecule has 0 aromatic heterocycles. The van der Waals surface area contributed by atoms with Gasteiger partial charge in [-0.2, -0.15) is 0 Å². The Labute approximate surface area is 84.5 Å². The standard InChI is InChI=1S/C12H16N2/c13-9-3-4-10-8(6-9)7-12-11(10)2-1-5-14-12/h3-4,6,11-12,14H,1-2,5,7,13H2. The minimum atomic E-state index is 0.681. The number of hydrogen-bond acceptors (Lipinski definition) is 2. The number of benzene rings is 1. The third-order valence-corrected chi connectivity index (χ3v) is 3.59. The molecule has 3 N–H and O–H groups in total. The average Bonchev–Trinajstić information content (AvgIpc) is 2.54. The van der Waals surface area contributed by atoms with Gasteiger partial charge in [0.05, 0.1) is 0 Å². The SMILES string of the molecule is Nc1ccc2c(c1)CC1NCCCC21. The van der Waals surface area contributed by atoms with Gasteiger partial charge in [-0.25, -0.2) is 0 Å². The first-order valence-corrected chi connectivity index (χ1v) is 5.46. The van der Waals surface area contributed by atoms with Crippen LogP contribution >= 0.6 is 0 Å². The molecule has 1 aliphatic carbocycles. The minimum absolute atomic E-state index is 0.681. The van der Waals surface area contributed by atoms with Crippen LogP contribution in [0.3, 0.4) is 0 Å². The molecule has 1 aromatic carbocycles. The van der Waals surface area contributed by atoms with Crippen LogP contribution in [0.15, 0.2) is 18.2 Å². The molecule has 2 unspecified atom stereocenters. The number of anilines is 1. The van der Waals surface area contributed by atoms with Crippen LogP contribution in [0.1, 0.15) is 29.9 Å². The van der Waals surface area contributed by atoms with Crippen LogP contribution in [-0.4, -0.2) is 12.6 Å². The van der Waals surface area contributed by atoms with Crippen molar-refractivity contribution in [3.8, 4) is 0 Å². The summed E-state index contributed by atoms with van der Waals surface area (Å²) in [4.78, 5) is 0. The molecule has 0 radical (unpaired) electrons. The van der Waals surface area contributed by atoms with Crippen molar-refractivity contribution in [2.45, 2.75) is 31.2 Å². The van der Waals surface area contributed by atoms with Crippen LogP contribution in [0.5, 0.6) is 0 Å². The Hall–Kier alpha value is -1.02. The summed E-state index contributed by atoms with van der Waals surface area (Å²) in [6, 6.07) is 7.09. The Balaban J connectivity index is 2.01. The fourth-order valence-corrected chi connectivity index (χ4v) is 2.94. The van der Waals surface area contributed by atoms with E-state index < -0.39 is 0 Å². The van der Waals surface area contributed by atoms with Gasteiger partial charge in [0.2, 0.25) is 0 Å². The number of nitrogen functional groups attached to an aromatic ring is 1. The molecule has 1 aliphatic heterocycles. The average molecular weight is 188 g/mol. The summed E-state index contributed by atoms with van der Waals surface area (Å²) < 4.78 is 0.